The number of aromatic nitrogens is 2. The van der Waals surface area contributed by atoms with Crippen molar-refractivity contribution in [3.8, 4) is 11.3 Å². The van der Waals surface area contributed by atoms with Crippen molar-refractivity contribution in [1.82, 2.24) is 14.9 Å². The van der Waals surface area contributed by atoms with Gasteiger partial charge in [0, 0.05) is 35.6 Å². The van der Waals surface area contributed by atoms with E-state index < -0.39 is 11.7 Å². The number of H-pyrrole nitrogens is 1. The van der Waals surface area contributed by atoms with Crippen LogP contribution in [0, 0.1) is 0 Å². The highest BCUT2D eigenvalue weighted by atomic mass is 35.5. The Balaban J connectivity index is 1.93. The van der Waals surface area contributed by atoms with E-state index in [1.165, 1.54) is 4.90 Å². The van der Waals surface area contributed by atoms with E-state index in [9.17, 15) is 9.59 Å². The van der Waals surface area contributed by atoms with Crippen molar-refractivity contribution in [3.05, 3.63) is 40.8 Å². The summed E-state index contributed by atoms with van der Waals surface area (Å²) in [6.07, 6.45) is 1.53. The number of hydrogen-bond donors (Lipinski definition) is 1. The lowest BCUT2D eigenvalue weighted by Crippen LogP contribution is -2.49. The van der Waals surface area contributed by atoms with Crippen molar-refractivity contribution in [2.45, 2.75) is 45.8 Å². The molecule has 1 aliphatic rings. The van der Waals surface area contributed by atoms with Gasteiger partial charge in [-0.2, -0.15) is 0 Å². The topological polar surface area (TPSA) is 75.3 Å². The van der Waals surface area contributed by atoms with Crippen LogP contribution in [-0.2, 0) is 11.2 Å². The smallest absolute Gasteiger partial charge is 0.417 e. The van der Waals surface area contributed by atoms with Crippen molar-refractivity contribution in [2.75, 3.05) is 0 Å². The molecular formula is C18H20ClN3O3. The Kier molecular flexibility index (Phi) is 4.33. The highest BCUT2D eigenvalue weighted by Gasteiger charge is 2.38. The van der Waals surface area contributed by atoms with Gasteiger partial charge in [-0.05, 0) is 45.9 Å². The first-order valence-corrected chi connectivity index (χ1v) is 8.44. The van der Waals surface area contributed by atoms with Crippen LogP contribution < -0.4 is 0 Å². The van der Waals surface area contributed by atoms with Gasteiger partial charge in [0.05, 0.1) is 5.56 Å². The highest BCUT2D eigenvalue weighted by Crippen LogP contribution is 2.30. The predicted octanol–water partition coefficient (Wildman–Crippen LogP) is 4.05. The SMILES string of the molecule is CC1Cc2[nH]c(-c3ccnc(Cl)c3)cc2C(=O)N1C(=O)OC(C)(C)C. The molecule has 0 aromatic carbocycles. The second kappa shape index (κ2) is 6.19. The second-order valence-corrected chi connectivity index (χ2v) is 7.54. The fraction of sp³-hybridized carbons (Fsp3) is 0.389. The van der Waals surface area contributed by atoms with Gasteiger partial charge in [0.2, 0.25) is 0 Å². The lowest BCUT2D eigenvalue weighted by molar-refractivity contribution is 0.0164. The number of nitrogens with zero attached hydrogens (tertiary/aromatic N) is 2. The number of rotatable bonds is 1. The monoisotopic (exact) mass is 361 g/mol. The van der Waals surface area contributed by atoms with Crippen molar-refractivity contribution >= 4 is 23.6 Å². The van der Waals surface area contributed by atoms with Gasteiger partial charge in [-0.1, -0.05) is 11.6 Å². The van der Waals surface area contributed by atoms with E-state index in [0.29, 0.717) is 17.1 Å². The number of imide groups is 1. The second-order valence-electron chi connectivity index (χ2n) is 7.15. The summed E-state index contributed by atoms with van der Waals surface area (Å²) in [5, 5.41) is 0.375. The van der Waals surface area contributed by atoms with Crippen LogP contribution in [-0.4, -0.2) is 38.5 Å². The van der Waals surface area contributed by atoms with E-state index in [-0.39, 0.29) is 11.9 Å². The summed E-state index contributed by atoms with van der Waals surface area (Å²) in [6, 6.07) is 4.98. The Morgan fingerprint density at radius 3 is 2.76 bits per heavy atom. The molecule has 1 unspecified atom stereocenters. The molecule has 6 nitrogen and oxygen atoms in total. The number of fused-ring (bicyclic) bond motifs is 1. The van der Waals surface area contributed by atoms with E-state index in [4.69, 9.17) is 16.3 Å². The Morgan fingerprint density at radius 2 is 2.12 bits per heavy atom. The molecule has 7 heteroatoms. The Bertz CT molecular complexity index is 838. The molecule has 0 saturated carbocycles. The van der Waals surface area contributed by atoms with Gasteiger partial charge in [0.25, 0.3) is 5.91 Å². The van der Waals surface area contributed by atoms with Crippen LogP contribution in [0.2, 0.25) is 5.15 Å². The fourth-order valence-electron chi connectivity index (χ4n) is 2.87. The first-order valence-electron chi connectivity index (χ1n) is 8.06. The molecule has 1 aliphatic heterocycles. The average molecular weight is 362 g/mol. The maximum absolute atomic E-state index is 12.8. The van der Waals surface area contributed by atoms with E-state index in [1.54, 1.807) is 39.1 Å². The molecule has 2 aromatic rings. The van der Waals surface area contributed by atoms with Crippen LogP contribution in [0.3, 0.4) is 0 Å². The molecule has 0 spiro atoms. The number of halogens is 1. The van der Waals surface area contributed by atoms with E-state index in [0.717, 1.165) is 17.0 Å². The van der Waals surface area contributed by atoms with Crippen molar-refractivity contribution in [2.24, 2.45) is 0 Å². The van der Waals surface area contributed by atoms with Crippen LogP contribution in [0.5, 0.6) is 0 Å². The predicted molar refractivity (Wildman–Crippen MR) is 94.6 cm³/mol. The van der Waals surface area contributed by atoms with E-state index in [2.05, 4.69) is 9.97 Å². The maximum atomic E-state index is 12.8. The quantitative estimate of drug-likeness (QED) is 0.777. The van der Waals surface area contributed by atoms with Crippen molar-refractivity contribution in [1.29, 1.82) is 0 Å². The maximum Gasteiger partial charge on any atom is 0.417 e. The van der Waals surface area contributed by atoms with Gasteiger partial charge in [-0.15, -0.1) is 0 Å². The van der Waals surface area contributed by atoms with Crippen LogP contribution in [0.15, 0.2) is 24.4 Å². The number of carbonyl (C=O) groups excluding carboxylic acids is 2. The van der Waals surface area contributed by atoms with Gasteiger partial charge in [0.15, 0.2) is 0 Å². The third-order valence-corrected chi connectivity index (χ3v) is 4.12. The molecule has 25 heavy (non-hydrogen) atoms. The largest absolute Gasteiger partial charge is 0.443 e. The summed E-state index contributed by atoms with van der Waals surface area (Å²) in [6.45, 7) is 7.15. The number of aromatic amines is 1. The minimum absolute atomic E-state index is 0.289. The molecule has 2 aromatic heterocycles. The van der Waals surface area contributed by atoms with Crippen molar-refractivity contribution in [3.63, 3.8) is 0 Å². The molecule has 3 heterocycles. The number of carbonyl (C=O) groups is 2. The molecular weight excluding hydrogens is 342 g/mol. The van der Waals surface area contributed by atoms with Gasteiger partial charge >= 0.3 is 6.09 Å². The zero-order valence-electron chi connectivity index (χ0n) is 14.6. The molecule has 3 rings (SSSR count). The Hall–Kier alpha value is -2.34. The number of amides is 2. The molecule has 1 atom stereocenters. The average Bonchev–Trinajstić information content (AvgIpc) is 2.89. The lowest BCUT2D eigenvalue weighted by atomic mass is 10.0. The summed E-state index contributed by atoms with van der Waals surface area (Å²) < 4.78 is 5.37. The molecule has 0 fully saturated rings. The van der Waals surface area contributed by atoms with E-state index in [1.807, 2.05) is 13.0 Å². The first-order chi connectivity index (χ1) is 11.7. The Morgan fingerprint density at radius 1 is 1.40 bits per heavy atom. The zero-order valence-corrected chi connectivity index (χ0v) is 15.3. The fourth-order valence-corrected chi connectivity index (χ4v) is 3.04. The van der Waals surface area contributed by atoms with Crippen LogP contribution in [0.1, 0.15) is 43.7 Å². The molecule has 0 saturated heterocycles. The summed E-state index contributed by atoms with van der Waals surface area (Å²) in [5.74, 6) is -0.356. The highest BCUT2D eigenvalue weighted by molar-refractivity contribution is 6.29. The summed E-state index contributed by atoms with van der Waals surface area (Å²) in [7, 11) is 0. The van der Waals surface area contributed by atoms with Crippen LogP contribution in [0.4, 0.5) is 4.79 Å². The molecule has 0 bridgehead atoms. The third-order valence-electron chi connectivity index (χ3n) is 3.92. The van der Waals surface area contributed by atoms with E-state index >= 15 is 0 Å². The minimum Gasteiger partial charge on any atom is -0.443 e. The van der Waals surface area contributed by atoms with Crippen LogP contribution >= 0.6 is 11.6 Å². The van der Waals surface area contributed by atoms with Gasteiger partial charge in [-0.25, -0.2) is 14.7 Å². The lowest BCUT2D eigenvalue weighted by Gasteiger charge is -2.33. The normalized spacial score (nSPS) is 17.4. The van der Waals surface area contributed by atoms with Crippen LogP contribution in [0.25, 0.3) is 11.3 Å². The number of pyridine rings is 1. The first kappa shape index (κ1) is 17.5. The molecule has 1 N–H and O–H groups in total. The Labute approximate surface area is 151 Å². The standard InChI is InChI=1S/C18H20ClN3O3/c1-10-7-14-12(16(23)22(10)17(24)25-18(2,3)4)9-13(21-14)11-5-6-20-15(19)8-11/h5-6,8-10,21H,7H2,1-4H3. The molecule has 2 amide bonds. The molecule has 0 aliphatic carbocycles. The minimum atomic E-state index is -0.658. The summed E-state index contributed by atoms with van der Waals surface area (Å²) in [5.41, 5.74) is 2.22. The van der Waals surface area contributed by atoms with Gasteiger partial charge in [0.1, 0.15) is 10.8 Å². The number of hydrogen-bond acceptors (Lipinski definition) is 4. The molecule has 132 valence electrons. The molecule has 0 radical (unpaired) electrons. The summed E-state index contributed by atoms with van der Waals surface area (Å²) >= 11 is 5.94. The van der Waals surface area contributed by atoms with Gasteiger partial charge in [-0.3, -0.25) is 4.79 Å². The number of nitrogens with one attached hydrogen (secondary N) is 1. The zero-order chi connectivity index (χ0) is 18.4. The summed E-state index contributed by atoms with van der Waals surface area (Å²) in [4.78, 5) is 33.6. The van der Waals surface area contributed by atoms with Gasteiger partial charge < -0.3 is 9.72 Å². The number of ether oxygens (including phenoxy) is 1. The van der Waals surface area contributed by atoms with Crippen molar-refractivity contribution < 1.29 is 14.3 Å². The third kappa shape index (κ3) is 3.54.